The van der Waals surface area contributed by atoms with Crippen molar-refractivity contribution in [2.75, 3.05) is 27.3 Å². The van der Waals surface area contributed by atoms with E-state index in [9.17, 15) is 34.8 Å². The molecule has 3 aliphatic heterocycles. The van der Waals surface area contributed by atoms with Crippen LogP contribution in [0.15, 0.2) is 18.2 Å². The van der Waals surface area contributed by atoms with Crippen LogP contribution in [-0.2, 0) is 28.5 Å². The maximum Gasteiger partial charge on any atom is 0.340 e. The molecule has 0 radical (unpaired) electrons. The molecule has 4 bridgehead atoms. The van der Waals surface area contributed by atoms with Gasteiger partial charge < -0.3 is 54.3 Å². The summed E-state index contributed by atoms with van der Waals surface area (Å²) in [7, 11) is 2.95. The van der Waals surface area contributed by atoms with Crippen LogP contribution in [-0.4, -0.2) is 128 Å². The molecule has 15 nitrogen and oxygen atoms in total. The average molecular weight is 832 g/mol. The number of carbonyl (C=O) groups is 3. The number of piperidine rings is 2. The zero-order valence-electron chi connectivity index (χ0n) is 35.9. The molecule has 1 aromatic rings. The van der Waals surface area contributed by atoms with E-state index in [2.05, 4.69) is 11.8 Å². The summed E-state index contributed by atoms with van der Waals surface area (Å²) in [5.74, 6) is -6.17. The van der Waals surface area contributed by atoms with Gasteiger partial charge in [0.2, 0.25) is 0 Å². The Hall–Kier alpha value is -3.05. The number of hydrogen-bond donors (Lipinski definition) is 4. The van der Waals surface area contributed by atoms with Crippen LogP contribution in [0.2, 0.25) is 0 Å². The van der Waals surface area contributed by atoms with E-state index in [1.165, 1.54) is 20.3 Å². The van der Waals surface area contributed by atoms with Crippen LogP contribution in [0.25, 0.3) is 0 Å². The second kappa shape index (κ2) is 14.2. The molecule has 0 amide bonds. The van der Waals surface area contributed by atoms with Gasteiger partial charge in [-0.1, -0.05) is 41.5 Å². The molecule has 5 unspecified atom stereocenters. The van der Waals surface area contributed by atoms with Gasteiger partial charge in [-0.3, -0.25) is 14.5 Å². The number of nitrogens with zero attached hydrogens (tertiary/aromatic N) is 1. The molecule has 3 saturated heterocycles. The lowest BCUT2D eigenvalue weighted by Crippen LogP contribution is -2.85. The summed E-state index contributed by atoms with van der Waals surface area (Å²) in [6, 6.07) is 4.18. The van der Waals surface area contributed by atoms with E-state index in [4.69, 9.17) is 28.4 Å². The van der Waals surface area contributed by atoms with Crippen LogP contribution in [0.5, 0.6) is 11.5 Å². The second-order valence-corrected chi connectivity index (χ2v) is 19.9. The molecule has 14 atom stereocenters. The van der Waals surface area contributed by atoms with E-state index >= 15 is 0 Å². The van der Waals surface area contributed by atoms with Crippen molar-refractivity contribution in [2.45, 2.75) is 152 Å². The van der Waals surface area contributed by atoms with Crippen LogP contribution < -0.4 is 9.47 Å². The summed E-state index contributed by atoms with van der Waals surface area (Å²) in [5, 5.41) is 53.0. The van der Waals surface area contributed by atoms with Gasteiger partial charge in [0.05, 0.1) is 37.2 Å². The van der Waals surface area contributed by atoms with Crippen molar-refractivity contribution in [1.29, 1.82) is 0 Å². The van der Waals surface area contributed by atoms with Gasteiger partial charge in [-0.25, -0.2) is 4.79 Å². The SMILES string of the molecule is COc1ccc(C(=O)OC23OC45C[C@@]6(O)[C@@H]7CN8C[C@@H](C)CC[C@H]8[C@@](C)(O)[C@@]7(O)C(OC(=O)C(C)C)C[C@@]6(O)[C@@H]4CCC2[C@]5(C)CCC3OC(=O)C(C)C)cc1OC.O. The van der Waals surface area contributed by atoms with Gasteiger partial charge in [-0.15, -0.1) is 0 Å². The minimum Gasteiger partial charge on any atom is -0.493 e. The highest BCUT2D eigenvalue weighted by Gasteiger charge is 2.90. The fraction of sp³-hybridized carbons (Fsp3) is 0.795. The van der Waals surface area contributed by atoms with Gasteiger partial charge >= 0.3 is 17.9 Å². The first kappa shape index (κ1) is 44.0. The molecule has 0 aromatic heterocycles. The lowest BCUT2D eigenvalue weighted by Gasteiger charge is -2.68. The van der Waals surface area contributed by atoms with E-state index in [1.807, 2.05) is 6.92 Å². The van der Waals surface area contributed by atoms with Gasteiger partial charge in [-0.2, -0.15) is 0 Å². The highest BCUT2D eigenvalue weighted by molar-refractivity contribution is 5.90. The monoisotopic (exact) mass is 831 g/mol. The molecule has 7 aliphatic rings. The highest BCUT2D eigenvalue weighted by atomic mass is 16.8. The second-order valence-electron chi connectivity index (χ2n) is 19.9. The van der Waals surface area contributed by atoms with Gasteiger partial charge in [0.25, 0.3) is 5.79 Å². The Morgan fingerprint density at radius 2 is 1.42 bits per heavy atom. The lowest BCUT2D eigenvalue weighted by atomic mass is 9.48. The highest BCUT2D eigenvalue weighted by Crippen LogP contribution is 2.79. The standard InChI is InChI=1S/C44H63NO13.H2O/c1-23(2)35(46)55-33-16-17-38(6)29-13-14-30-40(50)19-34(56-36(47)24(3)4)43(52)31(21-45-20-25(5)10-15-32(45)39(43,7)49)41(40,51)22-42(30,38)58-44(29,33)57-37(48)26-11-12-27(53-8)28(18-26)54-9;/h11-12,18,23-25,29-34,49-52H,10,13-17,19-22H2,1-9H3;1H2/t25-,29?,30-,31-,32-,33?,34?,38-,39+,40+,41+,42?,43-,44?;/m0./s1. The maximum atomic E-state index is 14.4. The number of fused-ring (bicyclic) bond motifs is 5. The first-order valence-corrected chi connectivity index (χ1v) is 21.3. The number of hydrogen-bond acceptors (Lipinski definition) is 14. The number of aliphatic hydroxyl groups is 4. The van der Waals surface area contributed by atoms with Crippen LogP contribution in [0.4, 0.5) is 0 Å². The van der Waals surface area contributed by atoms with Crippen molar-refractivity contribution in [3.8, 4) is 11.5 Å². The molecule has 330 valence electrons. The minimum absolute atomic E-state index is 0. The fourth-order valence-electron chi connectivity index (χ4n) is 13.4. The molecule has 6 N–H and O–H groups in total. The Bertz CT molecular complexity index is 1850. The third kappa shape index (κ3) is 5.66. The summed E-state index contributed by atoms with van der Waals surface area (Å²) >= 11 is 0. The van der Waals surface area contributed by atoms with Gasteiger partial charge in [0.1, 0.15) is 28.5 Å². The van der Waals surface area contributed by atoms with Gasteiger partial charge in [-0.05, 0) is 69.6 Å². The summed E-state index contributed by atoms with van der Waals surface area (Å²) in [6.45, 7) is 13.3. The van der Waals surface area contributed by atoms with Crippen LogP contribution >= 0.6 is 0 Å². The van der Waals surface area contributed by atoms with E-state index in [1.54, 1.807) is 46.8 Å². The van der Waals surface area contributed by atoms with Crippen molar-refractivity contribution in [3.05, 3.63) is 23.8 Å². The molecule has 3 heterocycles. The normalized spacial score (nSPS) is 45.6. The quantitative estimate of drug-likeness (QED) is 0.219. The molecular formula is C44H65NO14. The first-order valence-electron chi connectivity index (χ1n) is 21.3. The maximum absolute atomic E-state index is 14.4. The first-order chi connectivity index (χ1) is 27.1. The van der Waals surface area contributed by atoms with Crippen molar-refractivity contribution in [2.24, 2.45) is 40.9 Å². The van der Waals surface area contributed by atoms with Gasteiger partial charge in [0.15, 0.2) is 17.6 Å². The van der Waals surface area contributed by atoms with Crippen molar-refractivity contribution < 1.29 is 68.7 Å². The Morgan fingerprint density at radius 3 is 2.05 bits per heavy atom. The molecule has 4 aliphatic carbocycles. The summed E-state index contributed by atoms with van der Waals surface area (Å²) in [5.41, 5.74) is -10.1. The number of carbonyl (C=O) groups excluding carboxylic acids is 3. The predicted octanol–water partition coefficient (Wildman–Crippen LogP) is 2.95. The number of methoxy groups -OCH3 is 2. The van der Waals surface area contributed by atoms with Crippen molar-refractivity contribution in [1.82, 2.24) is 4.90 Å². The molecule has 59 heavy (non-hydrogen) atoms. The molecular weight excluding hydrogens is 766 g/mol. The van der Waals surface area contributed by atoms with E-state index in [-0.39, 0.29) is 42.8 Å². The predicted molar refractivity (Wildman–Crippen MR) is 210 cm³/mol. The number of ether oxygens (including phenoxy) is 6. The van der Waals surface area contributed by atoms with Crippen molar-refractivity contribution in [3.63, 3.8) is 0 Å². The third-order valence-corrected chi connectivity index (χ3v) is 16.3. The molecule has 8 rings (SSSR count). The third-order valence-electron chi connectivity index (χ3n) is 16.3. The Morgan fingerprint density at radius 1 is 0.797 bits per heavy atom. The summed E-state index contributed by atoms with van der Waals surface area (Å²) < 4.78 is 37.2. The van der Waals surface area contributed by atoms with Crippen LogP contribution in [0.1, 0.15) is 110 Å². The molecule has 1 spiro atoms. The minimum atomic E-state index is -2.16. The lowest BCUT2D eigenvalue weighted by molar-refractivity contribution is -0.355. The number of benzene rings is 1. The molecule has 15 heteroatoms. The Labute approximate surface area is 346 Å². The molecule has 1 aromatic carbocycles. The van der Waals surface area contributed by atoms with Crippen LogP contribution in [0.3, 0.4) is 0 Å². The van der Waals surface area contributed by atoms with Crippen LogP contribution in [0, 0.1) is 40.9 Å². The number of esters is 3. The number of rotatable bonds is 8. The molecule has 4 saturated carbocycles. The summed E-state index contributed by atoms with van der Waals surface area (Å²) in [6.07, 6.45) is -0.0445. The van der Waals surface area contributed by atoms with E-state index < -0.39 is 105 Å². The molecule has 7 fully saturated rings. The van der Waals surface area contributed by atoms with Gasteiger partial charge in [0, 0.05) is 55.1 Å². The summed E-state index contributed by atoms with van der Waals surface area (Å²) in [4.78, 5) is 43.4. The largest absolute Gasteiger partial charge is 0.493 e. The smallest absolute Gasteiger partial charge is 0.340 e. The fourth-order valence-corrected chi connectivity index (χ4v) is 13.4. The Balaban J connectivity index is 0.00000528. The van der Waals surface area contributed by atoms with Crippen molar-refractivity contribution >= 4 is 17.9 Å². The zero-order valence-corrected chi connectivity index (χ0v) is 35.9. The average Bonchev–Trinajstić information content (AvgIpc) is 3.34. The Kier molecular flexibility index (Phi) is 10.6. The van der Waals surface area contributed by atoms with E-state index in [0.717, 1.165) is 6.42 Å². The zero-order chi connectivity index (χ0) is 42.2. The topological polar surface area (TPSA) is 222 Å². The van der Waals surface area contributed by atoms with E-state index in [0.29, 0.717) is 43.7 Å².